The van der Waals surface area contributed by atoms with Crippen molar-refractivity contribution >= 4 is 17.1 Å². The summed E-state index contributed by atoms with van der Waals surface area (Å²) in [5.74, 6) is 0.257. The molecule has 2 heterocycles. The van der Waals surface area contributed by atoms with Crippen molar-refractivity contribution in [2.75, 3.05) is 13.2 Å². The molecule has 13 heavy (non-hydrogen) atoms. The number of nitrogens with zero attached hydrogens (tertiary/aromatic N) is 1. The Morgan fingerprint density at radius 3 is 3.15 bits per heavy atom. The van der Waals surface area contributed by atoms with E-state index in [9.17, 15) is 4.79 Å². The molecule has 0 aromatic carbocycles. The smallest absolute Gasteiger partial charge is 0.164 e. The number of aromatic nitrogens is 1. The van der Waals surface area contributed by atoms with E-state index in [0.717, 1.165) is 17.1 Å². The lowest BCUT2D eigenvalue weighted by atomic mass is 10.0. The fourth-order valence-corrected chi connectivity index (χ4v) is 2.07. The van der Waals surface area contributed by atoms with Crippen LogP contribution in [0.15, 0.2) is 5.38 Å². The molecule has 3 nitrogen and oxygen atoms in total. The summed E-state index contributed by atoms with van der Waals surface area (Å²) in [6.07, 6.45) is 0.739. The molecule has 1 aliphatic rings. The molecule has 0 saturated carbocycles. The molecule has 0 bridgehead atoms. The van der Waals surface area contributed by atoms with Gasteiger partial charge in [0.25, 0.3) is 0 Å². The first kappa shape index (κ1) is 8.84. The molecule has 1 atom stereocenters. The predicted octanol–water partition coefficient (Wildman–Crippen LogP) is 1.21. The number of rotatable bonds is 2. The minimum Gasteiger partial charge on any atom is -0.373 e. The molecular weight excluding hydrogens is 186 g/mol. The van der Waals surface area contributed by atoms with Gasteiger partial charge in [-0.25, -0.2) is 4.98 Å². The Labute approximate surface area is 80.8 Å². The van der Waals surface area contributed by atoms with Gasteiger partial charge in [-0.15, -0.1) is 11.3 Å². The lowest BCUT2D eigenvalue weighted by Gasteiger charge is -2.01. The first-order chi connectivity index (χ1) is 6.25. The molecule has 2 rings (SSSR count). The Balaban J connectivity index is 2.01. The van der Waals surface area contributed by atoms with Gasteiger partial charge in [0.15, 0.2) is 5.78 Å². The molecule has 1 unspecified atom stereocenters. The molecular formula is C9H11NO2S. The van der Waals surface area contributed by atoms with Crippen molar-refractivity contribution in [1.82, 2.24) is 4.98 Å². The van der Waals surface area contributed by atoms with Crippen molar-refractivity contribution in [3.63, 3.8) is 0 Å². The summed E-state index contributed by atoms with van der Waals surface area (Å²) in [5, 5.41) is 3.07. The summed E-state index contributed by atoms with van der Waals surface area (Å²) in [6.45, 7) is 2.82. The molecule has 1 aromatic heterocycles. The SMILES string of the molecule is Cc1nc(CC2COCC2=O)cs1. The first-order valence-electron chi connectivity index (χ1n) is 4.27. The number of ether oxygens (including phenoxy) is 1. The number of ketones is 1. The summed E-state index contributed by atoms with van der Waals surface area (Å²) in [6, 6.07) is 0. The zero-order valence-corrected chi connectivity index (χ0v) is 8.26. The van der Waals surface area contributed by atoms with E-state index in [1.807, 2.05) is 12.3 Å². The van der Waals surface area contributed by atoms with Gasteiger partial charge < -0.3 is 4.74 Å². The highest BCUT2D eigenvalue weighted by molar-refractivity contribution is 7.09. The van der Waals surface area contributed by atoms with Crippen LogP contribution in [0.3, 0.4) is 0 Å². The van der Waals surface area contributed by atoms with Gasteiger partial charge in [-0.3, -0.25) is 4.79 Å². The lowest BCUT2D eigenvalue weighted by molar-refractivity contribution is -0.120. The van der Waals surface area contributed by atoms with E-state index in [-0.39, 0.29) is 18.3 Å². The fraction of sp³-hybridized carbons (Fsp3) is 0.556. The number of carbonyl (C=O) groups is 1. The first-order valence-corrected chi connectivity index (χ1v) is 5.15. The number of thiazole rings is 1. The second kappa shape index (κ2) is 3.55. The zero-order valence-electron chi connectivity index (χ0n) is 7.45. The highest BCUT2D eigenvalue weighted by Crippen LogP contribution is 2.17. The molecule has 0 amide bonds. The number of aryl methyl sites for hydroxylation is 1. The van der Waals surface area contributed by atoms with Gasteiger partial charge in [0.2, 0.25) is 0 Å². The van der Waals surface area contributed by atoms with E-state index >= 15 is 0 Å². The van der Waals surface area contributed by atoms with Gasteiger partial charge in [-0.05, 0) is 6.92 Å². The van der Waals surface area contributed by atoms with Crippen molar-refractivity contribution in [2.45, 2.75) is 13.3 Å². The topological polar surface area (TPSA) is 39.2 Å². The number of hydrogen-bond acceptors (Lipinski definition) is 4. The number of Topliss-reactive ketones (excluding diaryl/α,β-unsaturated/α-hetero) is 1. The van der Waals surface area contributed by atoms with Crippen LogP contribution in [-0.4, -0.2) is 24.0 Å². The molecule has 0 N–H and O–H groups in total. The predicted molar refractivity (Wildman–Crippen MR) is 49.9 cm³/mol. The molecule has 1 fully saturated rings. The van der Waals surface area contributed by atoms with Crippen LogP contribution >= 0.6 is 11.3 Å². The molecule has 1 saturated heterocycles. The van der Waals surface area contributed by atoms with Crippen LogP contribution in [0.4, 0.5) is 0 Å². The van der Waals surface area contributed by atoms with Crippen LogP contribution in [0.2, 0.25) is 0 Å². The summed E-state index contributed by atoms with van der Waals surface area (Å²) in [7, 11) is 0. The average Bonchev–Trinajstić information content (AvgIpc) is 2.64. The summed E-state index contributed by atoms with van der Waals surface area (Å²) in [4.78, 5) is 15.6. The van der Waals surface area contributed by atoms with Crippen molar-refractivity contribution in [3.05, 3.63) is 16.1 Å². The molecule has 1 aromatic rings. The van der Waals surface area contributed by atoms with Crippen LogP contribution in [0.25, 0.3) is 0 Å². The van der Waals surface area contributed by atoms with Crippen LogP contribution in [0, 0.1) is 12.8 Å². The third kappa shape index (κ3) is 1.95. The largest absolute Gasteiger partial charge is 0.373 e. The second-order valence-corrected chi connectivity index (χ2v) is 4.30. The molecule has 4 heteroatoms. The van der Waals surface area contributed by atoms with Crippen molar-refractivity contribution in [3.8, 4) is 0 Å². The Hall–Kier alpha value is -0.740. The summed E-state index contributed by atoms with van der Waals surface area (Å²) < 4.78 is 5.07. The monoisotopic (exact) mass is 197 g/mol. The Morgan fingerprint density at radius 2 is 2.62 bits per heavy atom. The second-order valence-electron chi connectivity index (χ2n) is 3.24. The summed E-state index contributed by atoms with van der Waals surface area (Å²) >= 11 is 1.63. The van der Waals surface area contributed by atoms with E-state index in [1.54, 1.807) is 11.3 Å². The third-order valence-electron chi connectivity index (χ3n) is 2.14. The van der Waals surface area contributed by atoms with E-state index in [1.165, 1.54) is 0 Å². The highest BCUT2D eigenvalue weighted by Gasteiger charge is 2.25. The number of hydrogen-bond donors (Lipinski definition) is 0. The van der Waals surface area contributed by atoms with Crippen LogP contribution in [0.5, 0.6) is 0 Å². The molecule has 0 spiro atoms. The highest BCUT2D eigenvalue weighted by atomic mass is 32.1. The van der Waals surface area contributed by atoms with E-state index < -0.39 is 0 Å². The molecule has 0 radical (unpaired) electrons. The Bertz CT molecular complexity index is 321. The van der Waals surface area contributed by atoms with E-state index in [4.69, 9.17) is 4.74 Å². The van der Waals surface area contributed by atoms with Crippen molar-refractivity contribution in [2.24, 2.45) is 5.92 Å². The Kier molecular flexibility index (Phi) is 2.42. The molecule has 70 valence electrons. The van der Waals surface area contributed by atoms with Gasteiger partial charge in [0.1, 0.15) is 6.61 Å². The third-order valence-corrected chi connectivity index (χ3v) is 2.96. The zero-order chi connectivity index (χ0) is 9.26. The van der Waals surface area contributed by atoms with Crippen LogP contribution in [-0.2, 0) is 16.0 Å². The minimum atomic E-state index is 0.0431. The van der Waals surface area contributed by atoms with Gasteiger partial charge >= 0.3 is 0 Å². The van der Waals surface area contributed by atoms with Crippen LogP contribution < -0.4 is 0 Å². The normalized spacial score (nSPS) is 22.5. The van der Waals surface area contributed by atoms with Crippen molar-refractivity contribution in [1.29, 1.82) is 0 Å². The molecule has 1 aliphatic heterocycles. The Morgan fingerprint density at radius 1 is 1.77 bits per heavy atom. The average molecular weight is 197 g/mol. The van der Waals surface area contributed by atoms with Gasteiger partial charge in [0.05, 0.1) is 17.3 Å². The van der Waals surface area contributed by atoms with Gasteiger partial charge in [-0.1, -0.05) is 0 Å². The fourth-order valence-electron chi connectivity index (χ4n) is 1.44. The van der Waals surface area contributed by atoms with Crippen LogP contribution in [0.1, 0.15) is 10.7 Å². The maximum Gasteiger partial charge on any atom is 0.164 e. The quantitative estimate of drug-likeness (QED) is 0.715. The number of carbonyl (C=O) groups excluding carboxylic acids is 1. The maximum atomic E-state index is 11.2. The van der Waals surface area contributed by atoms with Gasteiger partial charge in [0, 0.05) is 17.7 Å². The molecule has 0 aliphatic carbocycles. The van der Waals surface area contributed by atoms with E-state index in [2.05, 4.69) is 4.98 Å². The lowest BCUT2D eigenvalue weighted by Crippen LogP contribution is -2.14. The van der Waals surface area contributed by atoms with Gasteiger partial charge in [-0.2, -0.15) is 0 Å². The maximum absolute atomic E-state index is 11.2. The minimum absolute atomic E-state index is 0.0431. The van der Waals surface area contributed by atoms with E-state index in [0.29, 0.717) is 6.61 Å². The van der Waals surface area contributed by atoms with Crippen molar-refractivity contribution < 1.29 is 9.53 Å². The standard InChI is InChI=1S/C9H11NO2S/c1-6-10-8(5-13-6)2-7-3-12-4-9(7)11/h5,7H,2-4H2,1H3. The summed E-state index contributed by atoms with van der Waals surface area (Å²) in [5.41, 5.74) is 1.02.